The molecule has 1 saturated heterocycles. The van der Waals surface area contributed by atoms with Crippen LogP contribution in [0.2, 0.25) is 5.02 Å². The number of aliphatic hydroxyl groups is 1. The fourth-order valence-corrected chi connectivity index (χ4v) is 3.83. The Balaban J connectivity index is 1.61. The fourth-order valence-electron chi connectivity index (χ4n) is 3.63. The van der Waals surface area contributed by atoms with Crippen LogP contribution in [-0.4, -0.2) is 59.2 Å². The van der Waals surface area contributed by atoms with E-state index >= 15 is 0 Å². The quantitative estimate of drug-likeness (QED) is 0.903. The van der Waals surface area contributed by atoms with Crippen molar-refractivity contribution in [2.45, 2.75) is 44.9 Å². The van der Waals surface area contributed by atoms with E-state index in [9.17, 15) is 9.90 Å². The number of rotatable bonds is 4. The van der Waals surface area contributed by atoms with E-state index in [0.29, 0.717) is 18.0 Å². The largest absolute Gasteiger partial charge is 0.489 e. The highest BCUT2D eigenvalue weighted by atomic mass is 35.5. The van der Waals surface area contributed by atoms with Gasteiger partial charge in [0.05, 0.1) is 12.6 Å². The third kappa shape index (κ3) is 4.02. The molecule has 132 valence electrons. The molecule has 2 aliphatic heterocycles. The topological polar surface area (TPSA) is 53.0 Å². The van der Waals surface area contributed by atoms with E-state index in [1.807, 2.05) is 30.0 Å². The normalized spacial score (nSPS) is 24.4. The van der Waals surface area contributed by atoms with Gasteiger partial charge in [0.1, 0.15) is 11.9 Å². The molecule has 0 bridgehead atoms. The molecule has 2 heterocycles. The molecule has 1 amide bonds. The SMILES string of the molecule is CC1CN(CCC(=O)N2CCC[C@H]2CO)Cc2cc(Cl)ccc2O1. The molecule has 0 saturated carbocycles. The summed E-state index contributed by atoms with van der Waals surface area (Å²) in [6.45, 7) is 5.07. The van der Waals surface area contributed by atoms with Crippen LogP contribution in [0.15, 0.2) is 18.2 Å². The van der Waals surface area contributed by atoms with Crippen molar-refractivity contribution in [3.8, 4) is 5.75 Å². The van der Waals surface area contributed by atoms with E-state index in [-0.39, 0.29) is 24.7 Å². The number of amides is 1. The van der Waals surface area contributed by atoms with Crippen LogP contribution in [0, 0.1) is 0 Å². The summed E-state index contributed by atoms with van der Waals surface area (Å²) < 4.78 is 5.95. The second-order valence-electron chi connectivity index (χ2n) is 6.73. The van der Waals surface area contributed by atoms with Gasteiger partial charge in [0.2, 0.25) is 5.91 Å². The first-order valence-electron chi connectivity index (χ1n) is 8.64. The predicted molar refractivity (Wildman–Crippen MR) is 93.3 cm³/mol. The van der Waals surface area contributed by atoms with Crippen molar-refractivity contribution in [1.82, 2.24) is 9.80 Å². The minimum Gasteiger partial charge on any atom is -0.489 e. The van der Waals surface area contributed by atoms with Crippen molar-refractivity contribution in [1.29, 1.82) is 0 Å². The molecular formula is C18H25ClN2O3. The number of nitrogens with zero attached hydrogens (tertiary/aromatic N) is 2. The molecule has 6 heteroatoms. The Morgan fingerprint density at radius 2 is 2.29 bits per heavy atom. The summed E-state index contributed by atoms with van der Waals surface area (Å²) in [6, 6.07) is 5.70. The fraction of sp³-hybridized carbons (Fsp3) is 0.611. The molecule has 24 heavy (non-hydrogen) atoms. The first-order chi connectivity index (χ1) is 11.6. The number of fused-ring (bicyclic) bond motifs is 1. The summed E-state index contributed by atoms with van der Waals surface area (Å²) in [5.41, 5.74) is 1.06. The number of likely N-dealkylation sites (tertiary alicyclic amines) is 1. The van der Waals surface area contributed by atoms with Gasteiger partial charge in [-0.15, -0.1) is 0 Å². The molecule has 1 N–H and O–H groups in total. The van der Waals surface area contributed by atoms with Gasteiger partial charge in [0.15, 0.2) is 0 Å². The maximum Gasteiger partial charge on any atom is 0.224 e. The summed E-state index contributed by atoms with van der Waals surface area (Å²) >= 11 is 6.10. The molecule has 3 rings (SSSR count). The van der Waals surface area contributed by atoms with E-state index < -0.39 is 0 Å². The summed E-state index contributed by atoms with van der Waals surface area (Å²) in [6.07, 6.45) is 2.43. The summed E-state index contributed by atoms with van der Waals surface area (Å²) in [5, 5.41) is 10.1. The van der Waals surface area contributed by atoms with Gasteiger partial charge in [0, 0.05) is 43.2 Å². The molecule has 0 aliphatic carbocycles. The number of halogens is 1. The second-order valence-corrected chi connectivity index (χ2v) is 7.17. The third-order valence-electron chi connectivity index (χ3n) is 4.81. The van der Waals surface area contributed by atoms with E-state index in [4.69, 9.17) is 16.3 Å². The van der Waals surface area contributed by atoms with Gasteiger partial charge < -0.3 is 14.7 Å². The van der Waals surface area contributed by atoms with Gasteiger partial charge in [-0.25, -0.2) is 0 Å². The van der Waals surface area contributed by atoms with Crippen LogP contribution in [0.3, 0.4) is 0 Å². The molecule has 1 aromatic carbocycles. The summed E-state index contributed by atoms with van der Waals surface area (Å²) in [7, 11) is 0. The molecular weight excluding hydrogens is 328 g/mol. The Bertz CT molecular complexity index is 596. The molecule has 0 radical (unpaired) electrons. The highest BCUT2D eigenvalue weighted by molar-refractivity contribution is 6.30. The van der Waals surface area contributed by atoms with Crippen molar-refractivity contribution in [2.75, 3.05) is 26.2 Å². The second kappa shape index (κ2) is 7.72. The molecule has 5 nitrogen and oxygen atoms in total. The summed E-state index contributed by atoms with van der Waals surface area (Å²) in [4.78, 5) is 16.5. The number of hydrogen-bond donors (Lipinski definition) is 1. The van der Waals surface area contributed by atoms with E-state index in [0.717, 1.165) is 43.8 Å². The first-order valence-corrected chi connectivity index (χ1v) is 9.02. The third-order valence-corrected chi connectivity index (χ3v) is 5.05. The van der Waals surface area contributed by atoms with Crippen LogP contribution in [0.1, 0.15) is 31.7 Å². The number of carbonyl (C=O) groups is 1. The van der Waals surface area contributed by atoms with Crippen LogP contribution < -0.4 is 4.74 Å². The maximum atomic E-state index is 12.5. The monoisotopic (exact) mass is 352 g/mol. The Kier molecular flexibility index (Phi) is 5.64. The average Bonchev–Trinajstić information content (AvgIpc) is 2.97. The summed E-state index contributed by atoms with van der Waals surface area (Å²) in [5.74, 6) is 1.01. The van der Waals surface area contributed by atoms with Crippen molar-refractivity contribution in [3.63, 3.8) is 0 Å². The highest BCUT2D eigenvalue weighted by Crippen LogP contribution is 2.28. The molecule has 1 unspecified atom stereocenters. The van der Waals surface area contributed by atoms with Crippen LogP contribution in [0.25, 0.3) is 0 Å². The molecule has 1 fully saturated rings. The van der Waals surface area contributed by atoms with E-state index in [2.05, 4.69) is 4.90 Å². The minimum absolute atomic E-state index is 0.00317. The number of aliphatic hydroxyl groups excluding tert-OH is 1. The van der Waals surface area contributed by atoms with Crippen LogP contribution in [0.5, 0.6) is 5.75 Å². The van der Waals surface area contributed by atoms with E-state index in [1.165, 1.54) is 0 Å². The van der Waals surface area contributed by atoms with Gasteiger partial charge in [-0.05, 0) is 38.0 Å². The lowest BCUT2D eigenvalue weighted by molar-refractivity contribution is -0.133. The molecule has 2 aliphatic rings. The maximum absolute atomic E-state index is 12.5. The molecule has 0 aromatic heterocycles. The van der Waals surface area contributed by atoms with Crippen LogP contribution in [0.4, 0.5) is 0 Å². The van der Waals surface area contributed by atoms with Gasteiger partial charge in [0.25, 0.3) is 0 Å². The van der Waals surface area contributed by atoms with Gasteiger partial charge in [-0.1, -0.05) is 11.6 Å². The Hall–Kier alpha value is -1.30. The van der Waals surface area contributed by atoms with Gasteiger partial charge >= 0.3 is 0 Å². The highest BCUT2D eigenvalue weighted by Gasteiger charge is 2.28. The zero-order valence-corrected chi connectivity index (χ0v) is 14.8. The zero-order chi connectivity index (χ0) is 17.1. The molecule has 0 spiro atoms. The Morgan fingerprint density at radius 3 is 3.08 bits per heavy atom. The minimum atomic E-state index is 0.00317. The van der Waals surface area contributed by atoms with E-state index in [1.54, 1.807) is 0 Å². The van der Waals surface area contributed by atoms with Crippen molar-refractivity contribution >= 4 is 17.5 Å². The Labute approximate surface area is 148 Å². The smallest absolute Gasteiger partial charge is 0.224 e. The average molecular weight is 353 g/mol. The van der Waals surface area contributed by atoms with Crippen molar-refractivity contribution in [3.05, 3.63) is 28.8 Å². The number of hydrogen-bond acceptors (Lipinski definition) is 4. The lowest BCUT2D eigenvalue weighted by Crippen LogP contribution is -2.40. The first kappa shape index (κ1) is 17.5. The van der Waals surface area contributed by atoms with Gasteiger partial charge in [-0.2, -0.15) is 0 Å². The number of carbonyl (C=O) groups excluding carboxylic acids is 1. The molecule has 1 aromatic rings. The zero-order valence-electron chi connectivity index (χ0n) is 14.1. The van der Waals surface area contributed by atoms with Crippen molar-refractivity contribution in [2.24, 2.45) is 0 Å². The Morgan fingerprint density at radius 1 is 1.46 bits per heavy atom. The lowest BCUT2D eigenvalue weighted by Gasteiger charge is -2.26. The lowest BCUT2D eigenvalue weighted by atomic mass is 10.2. The predicted octanol–water partition coefficient (Wildman–Crippen LogP) is 2.30. The number of ether oxygens (including phenoxy) is 1. The number of benzene rings is 1. The molecule has 2 atom stereocenters. The van der Waals surface area contributed by atoms with Crippen LogP contribution >= 0.6 is 11.6 Å². The van der Waals surface area contributed by atoms with Crippen molar-refractivity contribution < 1.29 is 14.6 Å². The standard InChI is InChI=1S/C18H25ClN2O3/c1-13-10-20(11-14-9-15(19)4-5-17(14)24-13)8-6-18(23)21-7-2-3-16(21)12-22/h4-5,9,13,16,22H,2-3,6-8,10-12H2,1H3/t13?,16-/m0/s1. The van der Waals surface area contributed by atoms with Gasteiger partial charge in [-0.3, -0.25) is 9.69 Å². The van der Waals surface area contributed by atoms with Crippen LogP contribution in [-0.2, 0) is 11.3 Å².